The smallest absolute Gasteiger partial charge is 0.262 e. The number of halogens is 1. The summed E-state index contributed by atoms with van der Waals surface area (Å²) in [5.41, 5.74) is 0.439. The standard InChI is InChI=1S/C16H11ClN2O5/c17-8-4-5-11(20)10(6-8)18-13(21)7-24-12-3-1-2-9-14(12)16(23)19-15(9)22/h1-6,20H,7H2,(H,18,21)(H,19,22,23). The molecular weight excluding hydrogens is 336 g/mol. The maximum atomic E-state index is 11.9. The average Bonchev–Trinajstić information content (AvgIpc) is 2.84. The van der Waals surface area contributed by atoms with Gasteiger partial charge in [0.15, 0.2) is 6.61 Å². The van der Waals surface area contributed by atoms with Gasteiger partial charge in [-0.3, -0.25) is 19.7 Å². The molecule has 0 saturated carbocycles. The monoisotopic (exact) mass is 346 g/mol. The highest BCUT2D eigenvalue weighted by Crippen LogP contribution is 2.28. The van der Waals surface area contributed by atoms with Gasteiger partial charge in [-0.1, -0.05) is 17.7 Å². The van der Waals surface area contributed by atoms with Gasteiger partial charge in [0, 0.05) is 5.02 Å². The molecule has 122 valence electrons. The summed E-state index contributed by atoms with van der Waals surface area (Å²) in [5, 5.41) is 14.6. The number of phenols is 1. The van der Waals surface area contributed by atoms with E-state index in [0.717, 1.165) is 0 Å². The molecule has 0 radical (unpaired) electrons. The van der Waals surface area contributed by atoms with Gasteiger partial charge in [-0.25, -0.2) is 0 Å². The van der Waals surface area contributed by atoms with Gasteiger partial charge < -0.3 is 15.2 Å². The van der Waals surface area contributed by atoms with Crippen molar-refractivity contribution in [3.05, 3.63) is 52.5 Å². The second-order valence-electron chi connectivity index (χ2n) is 4.96. The van der Waals surface area contributed by atoms with Crippen LogP contribution in [0.3, 0.4) is 0 Å². The molecule has 3 N–H and O–H groups in total. The summed E-state index contributed by atoms with van der Waals surface area (Å²) in [4.78, 5) is 35.3. The Labute approximate surface area is 141 Å². The normalized spacial score (nSPS) is 12.5. The molecule has 0 unspecified atom stereocenters. The number of hydrogen-bond acceptors (Lipinski definition) is 5. The minimum atomic E-state index is -0.571. The summed E-state index contributed by atoms with van der Waals surface area (Å²) >= 11 is 5.80. The molecule has 1 aliphatic heterocycles. The van der Waals surface area contributed by atoms with Gasteiger partial charge >= 0.3 is 0 Å². The zero-order chi connectivity index (χ0) is 17.3. The Morgan fingerprint density at radius 3 is 2.79 bits per heavy atom. The molecule has 0 aliphatic carbocycles. The molecule has 8 heteroatoms. The summed E-state index contributed by atoms with van der Waals surface area (Å²) in [5.74, 6) is -1.65. The Hall–Kier alpha value is -3.06. The minimum Gasteiger partial charge on any atom is -0.506 e. The Kier molecular flexibility index (Phi) is 4.09. The number of amides is 3. The topological polar surface area (TPSA) is 105 Å². The van der Waals surface area contributed by atoms with Crippen molar-refractivity contribution in [2.24, 2.45) is 0 Å². The van der Waals surface area contributed by atoms with Crippen LogP contribution in [-0.2, 0) is 4.79 Å². The highest BCUT2D eigenvalue weighted by Gasteiger charge is 2.30. The van der Waals surface area contributed by atoms with Crippen molar-refractivity contribution in [1.82, 2.24) is 5.32 Å². The fourth-order valence-electron chi connectivity index (χ4n) is 2.25. The molecule has 0 aromatic heterocycles. The van der Waals surface area contributed by atoms with Gasteiger partial charge in [-0.2, -0.15) is 0 Å². The van der Waals surface area contributed by atoms with Crippen LogP contribution in [0.1, 0.15) is 20.7 Å². The third-order valence-corrected chi connectivity index (χ3v) is 3.55. The number of aromatic hydroxyl groups is 1. The number of ether oxygens (including phenoxy) is 1. The Balaban J connectivity index is 1.71. The zero-order valence-electron chi connectivity index (χ0n) is 12.1. The van der Waals surface area contributed by atoms with Crippen LogP contribution in [-0.4, -0.2) is 29.4 Å². The number of imide groups is 1. The van der Waals surface area contributed by atoms with Crippen LogP contribution >= 0.6 is 11.6 Å². The molecule has 0 spiro atoms. The fraction of sp³-hybridized carbons (Fsp3) is 0.0625. The van der Waals surface area contributed by atoms with Crippen molar-refractivity contribution in [1.29, 1.82) is 0 Å². The molecule has 1 heterocycles. The lowest BCUT2D eigenvalue weighted by Crippen LogP contribution is -2.22. The molecular formula is C16H11ClN2O5. The van der Waals surface area contributed by atoms with E-state index in [2.05, 4.69) is 10.6 Å². The number of carbonyl (C=O) groups is 3. The predicted molar refractivity (Wildman–Crippen MR) is 85.5 cm³/mol. The molecule has 0 fully saturated rings. The average molecular weight is 347 g/mol. The Bertz CT molecular complexity index is 866. The van der Waals surface area contributed by atoms with Gasteiger partial charge in [0.1, 0.15) is 11.5 Å². The number of nitrogens with one attached hydrogen (secondary N) is 2. The summed E-state index contributed by atoms with van der Waals surface area (Å²) in [6, 6.07) is 8.74. The van der Waals surface area contributed by atoms with Crippen molar-refractivity contribution in [2.75, 3.05) is 11.9 Å². The zero-order valence-corrected chi connectivity index (χ0v) is 12.9. The van der Waals surface area contributed by atoms with Crippen LogP contribution in [0.5, 0.6) is 11.5 Å². The first-order valence-corrected chi connectivity index (χ1v) is 7.23. The van der Waals surface area contributed by atoms with Gasteiger partial charge in [0.2, 0.25) is 0 Å². The number of anilines is 1. The SMILES string of the molecule is O=C(COc1cccc2c1C(=O)NC2=O)Nc1cc(Cl)ccc1O. The molecule has 0 bridgehead atoms. The quantitative estimate of drug-likeness (QED) is 0.579. The van der Waals surface area contributed by atoms with Crippen molar-refractivity contribution in [3.63, 3.8) is 0 Å². The largest absolute Gasteiger partial charge is 0.506 e. The van der Waals surface area contributed by atoms with Gasteiger partial charge in [0.25, 0.3) is 17.7 Å². The number of benzene rings is 2. The van der Waals surface area contributed by atoms with Crippen LogP contribution < -0.4 is 15.4 Å². The molecule has 1 aliphatic rings. The van der Waals surface area contributed by atoms with Crippen LogP contribution in [0.2, 0.25) is 5.02 Å². The molecule has 0 saturated heterocycles. The number of rotatable bonds is 4. The van der Waals surface area contributed by atoms with Crippen molar-refractivity contribution in [3.8, 4) is 11.5 Å². The van der Waals surface area contributed by atoms with E-state index < -0.39 is 24.3 Å². The molecule has 3 amide bonds. The van der Waals surface area contributed by atoms with Gasteiger partial charge in [-0.15, -0.1) is 0 Å². The fourth-order valence-corrected chi connectivity index (χ4v) is 2.42. The lowest BCUT2D eigenvalue weighted by Gasteiger charge is -2.10. The second-order valence-corrected chi connectivity index (χ2v) is 5.40. The molecule has 3 rings (SSSR count). The van der Waals surface area contributed by atoms with E-state index >= 15 is 0 Å². The number of hydrogen-bond donors (Lipinski definition) is 3. The van der Waals surface area contributed by atoms with Gasteiger partial charge in [-0.05, 0) is 30.3 Å². The highest BCUT2D eigenvalue weighted by atomic mass is 35.5. The number of carbonyl (C=O) groups excluding carboxylic acids is 3. The van der Waals surface area contributed by atoms with E-state index in [9.17, 15) is 19.5 Å². The van der Waals surface area contributed by atoms with E-state index in [1.165, 1.54) is 30.3 Å². The van der Waals surface area contributed by atoms with Crippen molar-refractivity contribution in [2.45, 2.75) is 0 Å². The molecule has 24 heavy (non-hydrogen) atoms. The van der Waals surface area contributed by atoms with E-state index in [-0.39, 0.29) is 28.3 Å². The lowest BCUT2D eigenvalue weighted by molar-refractivity contribution is -0.118. The maximum absolute atomic E-state index is 11.9. The maximum Gasteiger partial charge on any atom is 0.262 e. The second kappa shape index (κ2) is 6.21. The Morgan fingerprint density at radius 1 is 1.21 bits per heavy atom. The first-order valence-electron chi connectivity index (χ1n) is 6.85. The first-order chi connectivity index (χ1) is 11.5. The summed E-state index contributed by atoms with van der Waals surface area (Å²) < 4.78 is 5.33. The third-order valence-electron chi connectivity index (χ3n) is 3.32. The van der Waals surface area contributed by atoms with E-state index in [4.69, 9.17) is 16.3 Å². The van der Waals surface area contributed by atoms with Crippen LogP contribution in [0, 0.1) is 0 Å². The molecule has 7 nitrogen and oxygen atoms in total. The highest BCUT2D eigenvalue weighted by molar-refractivity contribution is 6.31. The molecule has 2 aromatic rings. The molecule has 0 atom stereocenters. The first kappa shape index (κ1) is 15.8. The van der Waals surface area contributed by atoms with Gasteiger partial charge in [0.05, 0.1) is 16.8 Å². The van der Waals surface area contributed by atoms with Crippen LogP contribution in [0.4, 0.5) is 5.69 Å². The van der Waals surface area contributed by atoms with Crippen molar-refractivity contribution >= 4 is 35.0 Å². The lowest BCUT2D eigenvalue weighted by atomic mass is 10.1. The van der Waals surface area contributed by atoms with E-state index in [0.29, 0.717) is 5.02 Å². The predicted octanol–water partition coefficient (Wildman–Crippen LogP) is 1.95. The number of phenolic OH excluding ortho intramolecular Hbond substituents is 1. The minimum absolute atomic E-state index is 0.0981. The van der Waals surface area contributed by atoms with Crippen LogP contribution in [0.25, 0.3) is 0 Å². The van der Waals surface area contributed by atoms with Crippen LogP contribution in [0.15, 0.2) is 36.4 Å². The van der Waals surface area contributed by atoms with Crippen molar-refractivity contribution < 1.29 is 24.2 Å². The summed E-state index contributed by atoms with van der Waals surface area (Å²) in [6.07, 6.45) is 0. The van der Waals surface area contributed by atoms with E-state index in [1.807, 2.05) is 0 Å². The summed E-state index contributed by atoms with van der Waals surface area (Å²) in [7, 11) is 0. The third kappa shape index (κ3) is 3.02. The molecule has 2 aromatic carbocycles. The Morgan fingerprint density at radius 2 is 2.00 bits per heavy atom. The summed E-state index contributed by atoms with van der Waals surface area (Å²) in [6.45, 7) is -0.413. The number of fused-ring (bicyclic) bond motifs is 1. The van der Waals surface area contributed by atoms with E-state index in [1.54, 1.807) is 6.07 Å².